The van der Waals surface area contributed by atoms with Crippen molar-refractivity contribution in [3.05, 3.63) is 46.7 Å². The summed E-state index contributed by atoms with van der Waals surface area (Å²) in [5.74, 6) is 0.519. The van der Waals surface area contributed by atoms with Crippen LogP contribution in [-0.2, 0) is 0 Å². The van der Waals surface area contributed by atoms with Crippen LogP contribution in [0.1, 0.15) is 41.2 Å². The first-order valence-electron chi connectivity index (χ1n) is 7.34. The third kappa shape index (κ3) is 2.81. The molecular weight excluding hydrogens is 302 g/mol. The molecule has 1 aromatic carbocycles. The summed E-state index contributed by atoms with van der Waals surface area (Å²) in [5, 5.41) is 7.33. The van der Waals surface area contributed by atoms with E-state index in [0.29, 0.717) is 16.3 Å². The predicted octanol–water partition coefficient (Wildman–Crippen LogP) is 3.44. The van der Waals surface area contributed by atoms with Crippen LogP contribution < -0.4 is 4.74 Å². The van der Waals surface area contributed by atoms with Gasteiger partial charge in [-0.1, -0.05) is 11.6 Å². The van der Waals surface area contributed by atoms with Crippen molar-refractivity contribution in [2.24, 2.45) is 0 Å². The van der Waals surface area contributed by atoms with Gasteiger partial charge in [0, 0.05) is 23.9 Å². The first-order chi connectivity index (χ1) is 10.7. The van der Waals surface area contributed by atoms with Crippen LogP contribution in [0.25, 0.3) is 0 Å². The molecule has 116 valence electrons. The minimum atomic E-state index is 0.000802. The number of benzene rings is 1. The average Bonchev–Trinajstić information content (AvgIpc) is 3.09. The van der Waals surface area contributed by atoms with Gasteiger partial charge < -0.3 is 9.64 Å². The predicted molar refractivity (Wildman–Crippen MR) is 84.2 cm³/mol. The van der Waals surface area contributed by atoms with E-state index < -0.39 is 0 Å². The van der Waals surface area contributed by atoms with E-state index in [1.54, 1.807) is 31.5 Å². The quantitative estimate of drug-likeness (QED) is 0.942. The lowest BCUT2D eigenvalue weighted by atomic mass is 9.96. The summed E-state index contributed by atoms with van der Waals surface area (Å²) < 4.78 is 5.20. The molecule has 1 atom stereocenters. The highest BCUT2D eigenvalue weighted by Crippen LogP contribution is 2.33. The smallest absolute Gasteiger partial charge is 0.254 e. The lowest BCUT2D eigenvalue weighted by Gasteiger charge is -2.35. The summed E-state index contributed by atoms with van der Waals surface area (Å²) >= 11 is 6.03. The molecule has 3 rings (SSSR count). The Kier molecular flexibility index (Phi) is 4.34. The monoisotopic (exact) mass is 319 g/mol. The van der Waals surface area contributed by atoms with Gasteiger partial charge in [-0.3, -0.25) is 9.89 Å². The largest absolute Gasteiger partial charge is 0.495 e. The summed E-state index contributed by atoms with van der Waals surface area (Å²) in [7, 11) is 1.55. The molecule has 1 aliphatic heterocycles. The third-order valence-electron chi connectivity index (χ3n) is 4.07. The highest BCUT2D eigenvalue weighted by molar-refractivity contribution is 6.32. The summed E-state index contributed by atoms with van der Waals surface area (Å²) in [6, 6.07) is 5.21. The SMILES string of the molecule is COc1cc(C(=O)N2CCCCC2c2cn[nH]c2)ccc1Cl. The Morgan fingerprint density at radius 3 is 3.05 bits per heavy atom. The second kappa shape index (κ2) is 6.40. The van der Waals surface area contributed by atoms with Crippen molar-refractivity contribution in [1.82, 2.24) is 15.1 Å². The first-order valence-corrected chi connectivity index (χ1v) is 7.71. The minimum Gasteiger partial charge on any atom is -0.495 e. The van der Waals surface area contributed by atoms with Gasteiger partial charge in [-0.25, -0.2) is 0 Å². The number of rotatable bonds is 3. The van der Waals surface area contributed by atoms with E-state index in [9.17, 15) is 4.79 Å². The molecule has 1 saturated heterocycles. The van der Waals surface area contributed by atoms with Crippen LogP contribution in [0.2, 0.25) is 5.02 Å². The van der Waals surface area contributed by atoms with E-state index in [-0.39, 0.29) is 11.9 Å². The van der Waals surface area contributed by atoms with Crippen molar-refractivity contribution in [3.63, 3.8) is 0 Å². The number of amides is 1. The Balaban J connectivity index is 1.89. The molecule has 1 fully saturated rings. The topological polar surface area (TPSA) is 58.2 Å². The maximum atomic E-state index is 12.9. The molecule has 6 heteroatoms. The fourth-order valence-electron chi connectivity index (χ4n) is 2.92. The summed E-state index contributed by atoms with van der Waals surface area (Å²) in [5.41, 5.74) is 1.64. The van der Waals surface area contributed by atoms with E-state index in [1.165, 1.54) is 0 Å². The highest BCUT2D eigenvalue weighted by atomic mass is 35.5. The zero-order chi connectivity index (χ0) is 15.5. The second-order valence-electron chi connectivity index (χ2n) is 5.39. The molecule has 0 spiro atoms. The molecule has 1 N–H and O–H groups in total. The lowest BCUT2D eigenvalue weighted by molar-refractivity contribution is 0.0611. The lowest BCUT2D eigenvalue weighted by Crippen LogP contribution is -2.38. The van der Waals surface area contributed by atoms with E-state index in [2.05, 4.69) is 10.2 Å². The number of piperidine rings is 1. The second-order valence-corrected chi connectivity index (χ2v) is 5.80. The number of methoxy groups -OCH3 is 1. The molecule has 1 amide bonds. The van der Waals surface area contributed by atoms with Crippen LogP contribution in [0.4, 0.5) is 0 Å². The number of aromatic nitrogens is 2. The summed E-state index contributed by atoms with van der Waals surface area (Å²) in [4.78, 5) is 14.8. The van der Waals surface area contributed by atoms with Gasteiger partial charge in [0.2, 0.25) is 0 Å². The first kappa shape index (κ1) is 14.9. The Morgan fingerprint density at radius 2 is 2.32 bits per heavy atom. The third-order valence-corrected chi connectivity index (χ3v) is 4.38. The maximum absolute atomic E-state index is 12.9. The van der Waals surface area contributed by atoms with Crippen molar-refractivity contribution in [1.29, 1.82) is 0 Å². The van der Waals surface area contributed by atoms with E-state index in [4.69, 9.17) is 16.3 Å². The van der Waals surface area contributed by atoms with Crippen LogP contribution in [0.3, 0.4) is 0 Å². The van der Waals surface area contributed by atoms with Crippen LogP contribution in [0.15, 0.2) is 30.6 Å². The van der Waals surface area contributed by atoms with Gasteiger partial charge in [0.15, 0.2) is 0 Å². The molecule has 22 heavy (non-hydrogen) atoms. The minimum absolute atomic E-state index is 0.000802. The Hall–Kier alpha value is -2.01. The molecule has 0 radical (unpaired) electrons. The van der Waals surface area contributed by atoms with Crippen molar-refractivity contribution >= 4 is 17.5 Å². The molecule has 1 aromatic heterocycles. The number of carbonyl (C=O) groups is 1. The number of carbonyl (C=O) groups excluding carboxylic acids is 1. The number of hydrogen-bond donors (Lipinski definition) is 1. The molecule has 5 nitrogen and oxygen atoms in total. The van der Waals surface area contributed by atoms with E-state index in [1.807, 2.05) is 11.1 Å². The molecular formula is C16H18ClN3O2. The van der Waals surface area contributed by atoms with Crippen LogP contribution in [0, 0.1) is 0 Å². The van der Waals surface area contributed by atoms with Gasteiger partial charge in [0.05, 0.1) is 24.4 Å². The van der Waals surface area contributed by atoms with Crippen molar-refractivity contribution in [3.8, 4) is 5.75 Å². The van der Waals surface area contributed by atoms with E-state index in [0.717, 1.165) is 31.4 Å². The zero-order valence-electron chi connectivity index (χ0n) is 12.4. The average molecular weight is 320 g/mol. The number of H-pyrrole nitrogens is 1. The van der Waals surface area contributed by atoms with Crippen molar-refractivity contribution in [2.45, 2.75) is 25.3 Å². The van der Waals surface area contributed by atoms with Crippen molar-refractivity contribution in [2.75, 3.05) is 13.7 Å². The number of halogens is 1. The molecule has 2 heterocycles. The Morgan fingerprint density at radius 1 is 1.45 bits per heavy atom. The Bertz CT molecular complexity index is 657. The van der Waals surface area contributed by atoms with Gasteiger partial charge in [-0.05, 0) is 37.5 Å². The standard InChI is InChI=1S/C16H18ClN3O2/c1-22-15-8-11(5-6-13(15)17)16(21)20-7-3-2-4-14(20)12-9-18-19-10-12/h5-6,8-10,14H,2-4,7H2,1H3,(H,18,19). The zero-order valence-corrected chi connectivity index (χ0v) is 13.1. The number of likely N-dealkylation sites (tertiary alicyclic amines) is 1. The van der Waals surface area contributed by atoms with Crippen LogP contribution in [-0.4, -0.2) is 34.7 Å². The van der Waals surface area contributed by atoms with Gasteiger partial charge >= 0.3 is 0 Å². The molecule has 2 aromatic rings. The fraction of sp³-hybridized carbons (Fsp3) is 0.375. The number of ether oxygens (including phenoxy) is 1. The van der Waals surface area contributed by atoms with Crippen molar-refractivity contribution < 1.29 is 9.53 Å². The highest BCUT2D eigenvalue weighted by Gasteiger charge is 2.29. The van der Waals surface area contributed by atoms with Gasteiger partial charge in [-0.15, -0.1) is 0 Å². The van der Waals surface area contributed by atoms with Gasteiger partial charge in [-0.2, -0.15) is 5.10 Å². The number of hydrogen-bond acceptors (Lipinski definition) is 3. The normalized spacial score (nSPS) is 18.3. The number of nitrogens with zero attached hydrogens (tertiary/aromatic N) is 2. The fourth-order valence-corrected chi connectivity index (χ4v) is 3.12. The number of nitrogens with one attached hydrogen (secondary N) is 1. The molecule has 0 aliphatic carbocycles. The molecule has 0 bridgehead atoms. The molecule has 1 aliphatic rings. The van der Waals surface area contributed by atoms with Gasteiger partial charge in [0.1, 0.15) is 5.75 Å². The van der Waals surface area contributed by atoms with Crippen LogP contribution in [0.5, 0.6) is 5.75 Å². The summed E-state index contributed by atoms with van der Waals surface area (Å²) in [6.45, 7) is 0.750. The molecule has 0 saturated carbocycles. The maximum Gasteiger partial charge on any atom is 0.254 e. The van der Waals surface area contributed by atoms with Crippen LogP contribution >= 0.6 is 11.6 Å². The van der Waals surface area contributed by atoms with E-state index >= 15 is 0 Å². The number of aromatic amines is 1. The Labute approximate surface area is 134 Å². The summed E-state index contributed by atoms with van der Waals surface area (Å²) in [6.07, 6.45) is 6.74. The van der Waals surface area contributed by atoms with Gasteiger partial charge in [0.25, 0.3) is 5.91 Å². The molecule has 1 unspecified atom stereocenters.